The Hall–Kier alpha value is -1.93. The Morgan fingerprint density at radius 2 is 2.15 bits per heavy atom. The number of ether oxygens (including phenoxy) is 1. The maximum atomic E-state index is 14.1. The smallest absolute Gasteiger partial charge is 0.241 e. The third kappa shape index (κ3) is 5.81. The molecular weight excluding hydrogens is 384 g/mol. The van der Waals surface area contributed by atoms with Gasteiger partial charge in [0.1, 0.15) is 6.61 Å². The van der Waals surface area contributed by atoms with Gasteiger partial charge < -0.3 is 20.5 Å². The van der Waals surface area contributed by atoms with Gasteiger partial charge in [-0.1, -0.05) is 6.07 Å². The molecule has 0 spiro atoms. The highest BCUT2D eigenvalue weighted by atomic mass is 35.5. The standard InChI is InChI=1S/C17H18FN3O3.2ClH/c18-14-7-11(21-17(23)15-8-13(22)9-20-15)4-5-16(14)24-10-12-3-1-2-6-19-12;;/h1-7,13,15,20,22H,8-10H2,(H,21,23);2*1H. The van der Waals surface area contributed by atoms with Crippen LogP contribution in [0.2, 0.25) is 0 Å². The van der Waals surface area contributed by atoms with Gasteiger partial charge in [-0.05, 0) is 30.7 Å². The Morgan fingerprint density at radius 1 is 1.35 bits per heavy atom. The van der Waals surface area contributed by atoms with Crippen LogP contribution in [0.1, 0.15) is 12.1 Å². The molecule has 1 aliphatic rings. The fourth-order valence-corrected chi connectivity index (χ4v) is 2.48. The Balaban J connectivity index is 0.00000169. The minimum absolute atomic E-state index is 0. The van der Waals surface area contributed by atoms with Gasteiger partial charge in [-0.15, -0.1) is 24.8 Å². The van der Waals surface area contributed by atoms with E-state index in [2.05, 4.69) is 15.6 Å². The number of aromatic nitrogens is 1. The van der Waals surface area contributed by atoms with Crippen LogP contribution >= 0.6 is 24.8 Å². The van der Waals surface area contributed by atoms with Crippen molar-refractivity contribution in [3.05, 3.63) is 54.1 Å². The molecule has 2 aromatic rings. The zero-order valence-corrected chi connectivity index (χ0v) is 15.4. The van der Waals surface area contributed by atoms with Gasteiger partial charge in [0.05, 0.1) is 17.8 Å². The summed E-state index contributed by atoms with van der Waals surface area (Å²) in [5.41, 5.74) is 1.03. The number of aliphatic hydroxyl groups is 1. The fraction of sp³-hybridized carbons (Fsp3) is 0.294. The zero-order chi connectivity index (χ0) is 16.9. The lowest BCUT2D eigenvalue weighted by Gasteiger charge is -2.12. The van der Waals surface area contributed by atoms with E-state index in [0.29, 0.717) is 24.3 Å². The number of benzene rings is 1. The van der Waals surface area contributed by atoms with Crippen molar-refractivity contribution in [2.45, 2.75) is 25.2 Å². The van der Waals surface area contributed by atoms with E-state index in [9.17, 15) is 14.3 Å². The molecular formula is C17H20Cl2FN3O3. The van der Waals surface area contributed by atoms with E-state index in [1.54, 1.807) is 24.4 Å². The van der Waals surface area contributed by atoms with Crippen LogP contribution in [0.25, 0.3) is 0 Å². The van der Waals surface area contributed by atoms with Crippen LogP contribution in [0.5, 0.6) is 5.75 Å². The molecule has 6 nitrogen and oxygen atoms in total. The lowest BCUT2D eigenvalue weighted by atomic mass is 10.2. The molecule has 26 heavy (non-hydrogen) atoms. The lowest BCUT2D eigenvalue weighted by Crippen LogP contribution is -2.35. The van der Waals surface area contributed by atoms with Gasteiger partial charge in [-0.25, -0.2) is 4.39 Å². The van der Waals surface area contributed by atoms with E-state index in [4.69, 9.17) is 4.74 Å². The van der Waals surface area contributed by atoms with Crippen LogP contribution in [0.15, 0.2) is 42.6 Å². The number of β-amino-alcohol motifs (C(OH)–C–C–N with tert-alkyl or cyclic N) is 1. The van der Waals surface area contributed by atoms with Gasteiger partial charge >= 0.3 is 0 Å². The Bertz CT molecular complexity index is 722. The number of rotatable bonds is 5. The van der Waals surface area contributed by atoms with E-state index in [1.807, 2.05) is 6.07 Å². The predicted octanol–water partition coefficient (Wildman–Crippen LogP) is 2.30. The number of pyridine rings is 1. The first-order valence-electron chi connectivity index (χ1n) is 7.66. The normalized spacial score (nSPS) is 18.4. The largest absolute Gasteiger partial charge is 0.484 e. The molecule has 1 aromatic carbocycles. The van der Waals surface area contributed by atoms with Crippen LogP contribution in [-0.2, 0) is 11.4 Å². The van der Waals surface area contributed by atoms with E-state index >= 15 is 0 Å². The van der Waals surface area contributed by atoms with Crippen molar-refractivity contribution in [2.24, 2.45) is 0 Å². The third-order valence-electron chi connectivity index (χ3n) is 3.73. The monoisotopic (exact) mass is 403 g/mol. The van der Waals surface area contributed by atoms with Crippen molar-refractivity contribution in [2.75, 3.05) is 11.9 Å². The van der Waals surface area contributed by atoms with Crippen LogP contribution in [0.4, 0.5) is 10.1 Å². The molecule has 1 fully saturated rings. The lowest BCUT2D eigenvalue weighted by molar-refractivity contribution is -0.117. The van der Waals surface area contributed by atoms with Gasteiger partial charge in [0.2, 0.25) is 5.91 Å². The molecule has 3 N–H and O–H groups in total. The van der Waals surface area contributed by atoms with Crippen molar-refractivity contribution < 1.29 is 19.0 Å². The summed E-state index contributed by atoms with van der Waals surface area (Å²) in [5.74, 6) is -0.774. The zero-order valence-electron chi connectivity index (χ0n) is 13.7. The average Bonchev–Trinajstić information content (AvgIpc) is 3.02. The molecule has 1 aliphatic heterocycles. The van der Waals surface area contributed by atoms with Crippen LogP contribution in [-0.4, -0.2) is 34.7 Å². The minimum atomic E-state index is -0.567. The fourth-order valence-electron chi connectivity index (χ4n) is 2.48. The number of halogens is 3. The van der Waals surface area contributed by atoms with Crippen molar-refractivity contribution in [1.82, 2.24) is 10.3 Å². The second-order valence-corrected chi connectivity index (χ2v) is 5.59. The highest BCUT2D eigenvalue weighted by molar-refractivity contribution is 5.95. The number of carbonyl (C=O) groups excluding carboxylic acids is 1. The van der Waals surface area contributed by atoms with Crippen molar-refractivity contribution in [1.29, 1.82) is 0 Å². The molecule has 3 rings (SSSR count). The number of nitrogens with one attached hydrogen (secondary N) is 2. The topological polar surface area (TPSA) is 83.5 Å². The van der Waals surface area contributed by atoms with Crippen molar-refractivity contribution in [3.8, 4) is 5.75 Å². The molecule has 2 heterocycles. The van der Waals surface area contributed by atoms with Gasteiger partial charge in [-0.3, -0.25) is 9.78 Å². The first kappa shape index (κ1) is 22.1. The van der Waals surface area contributed by atoms with Crippen molar-refractivity contribution in [3.63, 3.8) is 0 Å². The molecule has 142 valence electrons. The first-order valence-corrected chi connectivity index (χ1v) is 7.66. The summed E-state index contributed by atoms with van der Waals surface area (Å²) < 4.78 is 19.5. The van der Waals surface area contributed by atoms with Crippen molar-refractivity contribution >= 4 is 36.4 Å². The number of amides is 1. The number of hydrogen-bond acceptors (Lipinski definition) is 5. The van der Waals surface area contributed by atoms with Gasteiger partial charge in [0, 0.05) is 24.5 Å². The van der Waals surface area contributed by atoms with Gasteiger partial charge in [-0.2, -0.15) is 0 Å². The quantitative estimate of drug-likeness (QED) is 0.713. The average molecular weight is 404 g/mol. The summed E-state index contributed by atoms with van der Waals surface area (Å²) in [5, 5.41) is 15.0. The summed E-state index contributed by atoms with van der Waals surface area (Å²) >= 11 is 0. The second kappa shape index (κ2) is 10.3. The van der Waals surface area contributed by atoms with E-state index in [-0.39, 0.29) is 43.1 Å². The molecule has 2 unspecified atom stereocenters. The Morgan fingerprint density at radius 3 is 2.77 bits per heavy atom. The summed E-state index contributed by atoms with van der Waals surface area (Å²) in [4.78, 5) is 16.1. The number of aliphatic hydroxyl groups excluding tert-OH is 1. The number of hydrogen-bond donors (Lipinski definition) is 3. The highest BCUT2D eigenvalue weighted by Gasteiger charge is 2.28. The summed E-state index contributed by atoms with van der Waals surface area (Å²) in [6.07, 6.45) is 1.46. The summed E-state index contributed by atoms with van der Waals surface area (Å²) in [6, 6.07) is 9.18. The molecule has 0 saturated carbocycles. The molecule has 0 aliphatic carbocycles. The van der Waals surface area contributed by atoms with E-state index in [1.165, 1.54) is 12.1 Å². The van der Waals surface area contributed by atoms with Crippen LogP contribution < -0.4 is 15.4 Å². The number of carbonyl (C=O) groups is 1. The molecule has 0 radical (unpaired) electrons. The second-order valence-electron chi connectivity index (χ2n) is 5.59. The molecule has 2 atom stereocenters. The third-order valence-corrected chi connectivity index (χ3v) is 3.73. The number of anilines is 1. The Kier molecular flexibility index (Phi) is 8.74. The summed E-state index contributed by atoms with van der Waals surface area (Å²) in [7, 11) is 0. The van der Waals surface area contributed by atoms with E-state index < -0.39 is 18.0 Å². The molecule has 1 saturated heterocycles. The Labute approximate surface area is 163 Å². The maximum absolute atomic E-state index is 14.1. The minimum Gasteiger partial charge on any atom is -0.484 e. The van der Waals surface area contributed by atoms with Crippen LogP contribution in [0.3, 0.4) is 0 Å². The van der Waals surface area contributed by atoms with Gasteiger partial charge in [0.25, 0.3) is 0 Å². The molecule has 1 amide bonds. The van der Waals surface area contributed by atoms with E-state index in [0.717, 1.165) is 0 Å². The predicted molar refractivity (Wildman–Crippen MR) is 101 cm³/mol. The SMILES string of the molecule is Cl.Cl.O=C(Nc1ccc(OCc2ccccn2)c(F)c1)C1CC(O)CN1. The van der Waals surface area contributed by atoms with Gasteiger partial charge in [0.15, 0.2) is 11.6 Å². The number of nitrogens with zero attached hydrogens (tertiary/aromatic N) is 1. The molecule has 1 aromatic heterocycles. The maximum Gasteiger partial charge on any atom is 0.241 e. The molecule has 0 bridgehead atoms. The highest BCUT2D eigenvalue weighted by Crippen LogP contribution is 2.22. The summed E-state index contributed by atoms with van der Waals surface area (Å²) in [6.45, 7) is 0.542. The molecule has 9 heteroatoms. The van der Waals surface area contributed by atoms with Crippen LogP contribution in [0, 0.1) is 5.82 Å². The first-order chi connectivity index (χ1) is 11.6.